The molecule has 9 nitrogen and oxygen atoms in total. The van der Waals surface area contributed by atoms with Gasteiger partial charge in [0, 0.05) is 6.54 Å². The van der Waals surface area contributed by atoms with Gasteiger partial charge in [0.1, 0.15) is 18.1 Å². The summed E-state index contributed by atoms with van der Waals surface area (Å²) in [6.45, 7) is 7.34. The molecule has 148 valence electrons. The molecule has 0 spiro atoms. The molecule has 0 unspecified atom stereocenters. The lowest BCUT2D eigenvalue weighted by molar-refractivity contribution is -0.145. The first-order valence-corrected chi connectivity index (χ1v) is 8.78. The minimum atomic E-state index is -1.11. The summed E-state index contributed by atoms with van der Waals surface area (Å²) in [5.41, 5.74) is 0. The van der Waals surface area contributed by atoms with E-state index >= 15 is 0 Å². The van der Waals surface area contributed by atoms with Gasteiger partial charge in [-0.25, -0.2) is 9.59 Å². The van der Waals surface area contributed by atoms with Gasteiger partial charge in [-0.15, -0.1) is 0 Å². The van der Waals surface area contributed by atoms with Crippen LogP contribution in [0.25, 0.3) is 0 Å². The van der Waals surface area contributed by atoms with Crippen LogP contribution in [0.3, 0.4) is 0 Å². The summed E-state index contributed by atoms with van der Waals surface area (Å²) >= 11 is 0. The lowest BCUT2D eigenvalue weighted by atomic mass is 10.0. The monoisotopic (exact) mass is 371 g/mol. The number of nitrogens with one attached hydrogen (secondary N) is 2. The minimum Gasteiger partial charge on any atom is -0.480 e. The summed E-state index contributed by atoms with van der Waals surface area (Å²) in [6, 6.07) is -2.59. The van der Waals surface area contributed by atoms with Crippen LogP contribution in [-0.4, -0.2) is 65.7 Å². The van der Waals surface area contributed by atoms with E-state index in [1.54, 1.807) is 27.7 Å². The first-order chi connectivity index (χ1) is 12.1. The number of methoxy groups -OCH3 is 1. The second-order valence-corrected chi connectivity index (χ2v) is 7.12. The van der Waals surface area contributed by atoms with Crippen LogP contribution in [0.15, 0.2) is 0 Å². The zero-order valence-corrected chi connectivity index (χ0v) is 15.9. The Morgan fingerprint density at radius 2 is 1.62 bits per heavy atom. The van der Waals surface area contributed by atoms with E-state index in [1.165, 1.54) is 12.0 Å². The fourth-order valence-corrected chi connectivity index (χ4v) is 2.94. The summed E-state index contributed by atoms with van der Waals surface area (Å²) in [7, 11) is 1.21. The zero-order chi connectivity index (χ0) is 20.0. The van der Waals surface area contributed by atoms with Crippen molar-refractivity contribution in [3.8, 4) is 0 Å². The fourth-order valence-electron chi connectivity index (χ4n) is 2.94. The molecule has 1 aliphatic rings. The minimum absolute atomic E-state index is 0.201. The van der Waals surface area contributed by atoms with Crippen molar-refractivity contribution < 1.29 is 29.0 Å². The Morgan fingerprint density at radius 3 is 2.08 bits per heavy atom. The molecule has 3 amide bonds. The van der Waals surface area contributed by atoms with Gasteiger partial charge in [-0.05, 0) is 24.7 Å². The van der Waals surface area contributed by atoms with Gasteiger partial charge >= 0.3 is 12.1 Å². The van der Waals surface area contributed by atoms with Gasteiger partial charge in [0.15, 0.2) is 0 Å². The molecule has 26 heavy (non-hydrogen) atoms. The average molecular weight is 371 g/mol. The predicted molar refractivity (Wildman–Crippen MR) is 93.3 cm³/mol. The van der Waals surface area contributed by atoms with Crippen molar-refractivity contribution in [2.24, 2.45) is 11.8 Å². The van der Waals surface area contributed by atoms with Crippen LogP contribution < -0.4 is 10.6 Å². The Bertz CT molecular complexity index is 549. The second kappa shape index (κ2) is 9.40. The van der Waals surface area contributed by atoms with Gasteiger partial charge in [-0.2, -0.15) is 0 Å². The van der Waals surface area contributed by atoms with Crippen molar-refractivity contribution in [2.75, 3.05) is 13.7 Å². The number of carboxylic acids is 1. The van der Waals surface area contributed by atoms with Gasteiger partial charge in [0.25, 0.3) is 0 Å². The zero-order valence-electron chi connectivity index (χ0n) is 15.9. The van der Waals surface area contributed by atoms with E-state index in [1.807, 2.05) is 0 Å². The highest BCUT2D eigenvalue weighted by Crippen LogP contribution is 2.21. The first kappa shape index (κ1) is 21.7. The van der Waals surface area contributed by atoms with Crippen LogP contribution in [0.4, 0.5) is 4.79 Å². The van der Waals surface area contributed by atoms with Crippen molar-refractivity contribution in [3.05, 3.63) is 0 Å². The summed E-state index contributed by atoms with van der Waals surface area (Å²) in [6.07, 6.45) is 0.361. The quantitative estimate of drug-likeness (QED) is 0.601. The van der Waals surface area contributed by atoms with Gasteiger partial charge in [0.2, 0.25) is 11.8 Å². The number of hydrogen-bond acceptors (Lipinski definition) is 5. The van der Waals surface area contributed by atoms with Gasteiger partial charge in [-0.3, -0.25) is 9.59 Å². The maximum absolute atomic E-state index is 12.9. The molecule has 1 fully saturated rings. The number of carboxylic acid groups (broad SMARTS) is 1. The molecule has 3 atom stereocenters. The second-order valence-electron chi connectivity index (χ2n) is 7.12. The van der Waals surface area contributed by atoms with Crippen LogP contribution in [0, 0.1) is 11.8 Å². The van der Waals surface area contributed by atoms with Crippen molar-refractivity contribution in [2.45, 2.75) is 58.7 Å². The SMILES string of the molecule is COC(=O)N[C@H](C(=O)N1CCC[C@H]1C(=O)N[C@H](C(=O)O)C(C)C)C(C)C. The summed E-state index contributed by atoms with van der Waals surface area (Å²) < 4.78 is 4.56. The number of alkyl carbamates (subject to hydrolysis) is 1. The smallest absolute Gasteiger partial charge is 0.407 e. The Kier molecular flexibility index (Phi) is 7.85. The van der Waals surface area contributed by atoms with Crippen LogP contribution in [0.1, 0.15) is 40.5 Å². The average Bonchev–Trinajstić information content (AvgIpc) is 3.05. The van der Waals surface area contributed by atoms with E-state index in [0.29, 0.717) is 19.4 Å². The molecule has 9 heteroatoms. The molecule has 0 aromatic rings. The van der Waals surface area contributed by atoms with Crippen LogP contribution >= 0.6 is 0 Å². The maximum Gasteiger partial charge on any atom is 0.407 e. The summed E-state index contributed by atoms with van der Waals surface area (Å²) in [4.78, 5) is 49.7. The largest absolute Gasteiger partial charge is 0.480 e. The van der Waals surface area contributed by atoms with Gasteiger partial charge in [0.05, 0.1) is 7.11 Å². The van der Waals surface area contributed by atoms with Crippen molar-refractivity contribution in [3.63, 3.8) is 0 Å². The number of likely N-dealkylation sites (tertiary alicyclic amines) is 1. The number of carbonyl (C=O) groups excluding carboxylic acids is 3. The van der Waals surface area contributed by atoms with E-state index in [0.717, 1.165) is 0 Å². The number of carbonyl (C=O) groups is 4. The van der Waals surface area contributed by atoms with E-state index in [4.69, 9.17) is 0 Å². The normalized spacial score (nSPS) is 19.2. The lowest BCUT2D eigenvalue weighted by Crippen LogP contribution is -2.57. The van der Waals surface area contributed by atoms with Crippen LogP contribution in [0.5, 0.6) is 0 Å². The number of nitrogens with zero attached hydrogens (tertiary/aromatic N) is 1. The van der Waals surface area contributed by atoms with Crippen molar-refractivity contribution in [1.29, 1.82) is 0 Å². The number of rotatable bonds is 7. The van der Waals surface area contributed by atoms with E-state index in [2.05, 4.69) is 15.4 Å². The molecule has 0 saturated carbocycles. The standard InChI is InChI=1S/C17H29N3O6/c1-9(2)12(19-17(25)26-5)15(22)20-8-6-7-11(20)14(21)18-13(10(3)4)16(23)24/h9-13H,6-8H2,1-5H3,(H,18,21)(H,19,25)(H,23,24)/t11-,12-,13-/m0/s1. The lowest BCUT2D eigenvalue weighted by Gasteiger charge is -2.31. The third-order valence-corrected chi connectivity index (χ3v) is 4.46. The molecule has 0 aliphatic carbocycles. The highest BCUT2D eigenvalue weighted by molar-refractivity contribution is 5.93. The van der Waals surface area contributed by atoms with E-state index in [9.17, 15) is 24.3 Å². The molecule has 0 radical (unpaired) electrons. The third kappa shape index (κ3) is 5.34. The van der Waals surface area contributed by atoms with E-state index < -0.39 is 36.1 Å². The topological polar surface area (TPSA) is 125 Å². The fraction of sp³-hybridized carbons (Fsp3) is 0.765. The Hall–Kier alpha value is -2.32. The number of hydrogen-bond donors (Lipinski definition) is 3. The molecule has 1 heterocycles. The van der Waals surface area contributed by atoms with Crippen molar-refractivity contribution in [1.82, 2.24) is 15.5 Å². The molecule has 1 saturated heterocycles. The molecule has 0 bridgehead atoms. The molecule has 1 rings (SSSR count). The molecular formula is C17H29N3O6. The predicted octanol–water partition coefficient (Wildman–Crippen LogP) is 0.583. The number of aliphatic carboxylic acids is 1. The molecular weight excluding hydrogens is 342 g/mol. The van der Waals surface area contributed by atoms with Gasteiger partial charge < -0.3 is 25.4 Å². The van der Waals surface area contributed by atoms with Crippen LogP contribution in [0.2, 0.25) is 0 Å². The maximum atomic E-state index is 12.9. The number of ether oxygens (including phenoxy) is 1. The molecule has 0 aromatic carbocycles. The van der Waals surface area contributed by atoms with Crippen molar-refractivity contribution >= 4 is 23.9 Å². The summed E-state index contributed by atoms with van der Waals surface area (Å²) in [5.74, 6) is -2.46. The third-order valence-electron chi connectivity index (χ3n) is 4.46. The van der Waals surface area contributed by atoms with E-state index in [-0.39, 0.29) is 17.7 Å². The molecule has 3 N–H and O–H groups in total. The Labute approximate surface area is 153 Å². The van der Waals surface area contributed by atoms with Gasteiger partial charge in [-0.1, -0.05) is 27.7 Å². The summed E-state index contributed by atoms with van der Waals surface area (Å²) in [5, 5.41) is 14.3. The van der Waals surface area contributed by atoms with Crippen LogP contribution in [-0.2, 0) is 19.1 Å². The first-order valence-electron chi connectivity index (χ1n) is 8.78. The molecule has 1 aliphatic heterocycles. The number of amides is 3. The molecule has 0 aromatic heterocycles. The highest BCUT2D eigenvalue weighted by Gasteiger charge is 2.40. The highest BCUT2D eigenvalue weighted by atomic mass is 16.5. The Balaban J connectivity index is 2.90. The Morgan fingerprint density at radius 1 is 1.04 bits per heavy atom.